The molecule has 0 spiro atoms. The first kappa shape index (κ1) is 18.1. The third kappa shape index (κ3) is 2.93. The third-order valence-electron chi connectivity index (χ3n) is 7.14. The summed E-state index contributed by atoms with van der Waals surface area (Å²) in [5.74, 6) is 0.534. The molecule has 1 fully saturated rings. The Morgan fingerprint density at radius 3 is 2.93 bits per heavy atom. The van der Waals surface area contributed by atoms with Gasteiger partial charge in [0, 0.05) is 42.3 Å². The fourth-order valence-electron chi connectivity index (χ4n) is 5.24. The van der Waals surface area contributed by atoms with Crippen molar-refractivity contribution in [3.8, 4) is 0 Å². The summed E-state index contributed by atoms with van der Waals surface area (Å²) in [4.78, 5) is 6.98. The normalized spacial score (nSPS) is 26.8. The van der Waals surface area contributed by atoms with Gasteiger partial charge in [-0.2, -0.15) is 0 Å². The van der Waals surface area contributed by atoms with Crippen LogP contribution in [0.5, 0.6) is 0 Å². The van der Waals surface area contributed by atoms with E-state index in [0.29, 0.717) is 18.5 Å². The Hall–Kier alpha value is -1.94. The molecule has 0 amide bonds. The number of hydrogen-bond donors (Lipinski definition) is 0. The number of likely N-dealkylation sites (N-methyl/N-ethyl adjacent to an activating group) is 1. The summed E-state index contributed by atoms with van der Waals surface area (Å²) in [6.07, 6.45) is 7.99. The average Bonchev–Trinajstić information content (AvgIpc) is 2.81. The van der Waals surface area contributed by atoms with Gasteiger partial charge in [0.1, 0.15) is 5.67 Å². The fraction of sp³-hybridized carbons (Fsp3) is 0.542. The number of allylic oxidation sites excluding steroid dienone is 2. The summed E-state index contributed by atoms with van der Waals surface area (Å²) in [5.41, 5.74) is 4.72. The molecule has 1 saturated carbocycles. The van der Waals surface area contributed by atoms with Crippen molar-refractivity contribution in [2.75, 3.05) is 13.6 Å². The number of hydrogen-bond acceptors (Lipinski definition) is 2. The molecule has 0 bridgehead atoms. The zero-order valence-corrected chi connectivity index (χ0v) is 17.2. The Kier molecular flexibility index (Phi) is 4.24. The van der Waals surface area contributed by atoms with Crippen molar-refractivity contribution in [2.45, 2.75) is 64.3 Å². The van der Waals surface area contributed by atoms with Crippen LogP contribution in [0.4, 0.5) is 4.39 Å². The van der Waals surface area contributed by atoms with E-state index in [2.05, 4.69) is 46.6 Å². The molecule has 3 nitrogen and oxygen atoms in total. The maximum Gasteiger partial charge on any atom is 0.147 e. The van der Waals surface area contributed by atoms with E-state index < -0.39 is 5.67 Å². The second-order valence-corrected chi connectivity index (χ2v) is 9.32. The Labute approximate surface area is 166 Å². The summed E-state index contributed by atoms with van der Waals surface area (Å²) in [5, 5.41) is 1.30. The maximum absolute atomic E-state index is 16.1. The van der Waals surface area contributed by atoms with E-state index in [1.165, 1.54) is 34.1 Å². The average molecular weight is 380 g/mol. The van der Waals surface area contributed by atoms with Crippen molar-refractivity contribution in [1.29, 1.82) is 0 Å². The number of alkyl halides is 1. The molecule has 28 heavy (non-hydrogen) atoms. The van der Waals surface area contributed by atoms with E-state index in [4.69, 9.17) is 0 Å². The molecule has 1 aliphatic carbocycles. The molecule has 2 aliphatic heterocycles. The van der Waals surface area contributed by atoms with Gasteiger partial charge in [-0.05, 0) is 75.4 Å². The van der Waals surface area contributed by atoms with Crippen LogP contribution >= 0.6 is 0 Å². The van der Waals surface area contributed by atoms with E-state index in [9.17, 15) is 0 Å². The highest BCUT2D eigenvalue weighted by Gasteiger charge is 2.38. The van der Waals surface area contributed by atoms with Gasteiger partial charge in [0.2, 0.25) is 0 Å². The molecule has 0 saturated heterocycles. The minimum atomic E-state index is -1.36. The van der Waals surface area contributed by atoms with Gasteiger partial charge in [0.25, 0.3) is 0 Å². The van der Waals surface area contributed by atoms with Crippen LogP contribution < -0.4 is 0 Å². The molecule has 3 atom stereocenters. The van der Waals surface area contributed by atoms with E-state index in [1.807, 2.05) is 12.3 Å². The number of benzene rings is 1. The Morgan fingerprint density at radius 2 is 2.14 bits per heavy atom. The summed E-state index contributed by atoms with van der Waals surface area (Å²) in [6, 6.07) is 7.03. The highest BCUT2D eigenvalue weighted by Crippen LogP contribution is 2.41. The number of aliphatic imine (C=N–C) groups is 1. The first-order valence-electron chi connectivity index (χ1n) is 10.6. The zero-order chi connectivity index (χ0) is 19.5. The highest BCUT2D eigenvalue weighted by atomic mass is 19.1. The van der Waals surface area contributed by atoms with Gasteiger partial charge in [0.15, 0.2) is 0 Å². The quantitative estimate of drug-likeness (QED) is 0.747. The number of halogens is 1. The van der Waals surface area contributed by atoms with Crippen molar-refractivity contribution >= 4 is 17.1 Å². The molecular weight excluding hydrogens is 349 g/mol. The van der Waals surface area contributed by atoms with Crippen LogP contribution in [0.3, 0.4) is 0 Å². The minimum absolute atomic E-state index is 0.392. The van der Waals surface area contributed by atoms with Crippen LogP contribution in [-0.2, 0) is 19.5 Å². The van der Waals surface area contributed by atoms with E-state index in [0.717, 1.165) is 37.9 Å². The van der Waals surface area contributed by atoms with E-state index in [1.54, 1.807) is 6.92 Å². The van der Waals surface area contributed by atoms with Gasteiger partial charge in [-0.15, -0.1) is 0 Å². The molecule has 2 aromatic rings. The molecule has 0 N–H and O–H groups in total. The molecule has 5 rings (SSSR count). The molecule has 1 aromatic heterocycles. The van der Waals surface area contributed by atoms with Gasteiger partial charge in [-0.3, -0.25) is 4.99 Å². The van der Waals surface area contributed by atoms with Gasteiger partial charge >= 0.3 is 0 Å². The van der Waals surface area contributed by atoms with Crippen molar-refractivity contribution in [3.63, 3.8) is 0 Å². The van der Waals surface area contributed by atoms with Crippen molar-refractivity contribution in [2.24, 2.45) is 10.9 Å². The Balaban J connectivity index is 1.54. The maximum atomic E-state index is 16.1. The standard InChI is InChI=1S/C24H30FN3/c1-16-4-7-22-19(12-16)20-14-27(3)11-9-23(20)28(22)15-24(2,25)18-8-10-26-21-6-5-17(21)13-18/h4,7-8,10,12,17,21H,5-6,9,11,13-15H2,1-3H3. The topological polar surface area (TPSA) is 20.5 Å². The summed E-state index contributed by atoms with van der Waals surface area (Å²) >= 11 is 0. The molecule has 148 valence electrons. The molecule has 3 heterocycles. The van der Waals surface area contributed by atoms with E-state index in [-0.39, 0.29) is 0 Å². The first-order valence-corrected chi connectivity index (χ1v) is 10.6. The fourth-order valence-corrected chi connectivity index (χ4v) is 5.24. The largest absolute Gasteiger partial charge is 0.341 e. The lowest BCUT2D eigenvalue weighted by atomic mass is 9.74. The summed E-state index contributed by atoms with van der Waals surface area (Å²) < 4.78 is 18.4. The van der Waals surface area contributed by atoms with Gasteiger partial charge in [-0.1, -0.05) is 11.6 Å². The first-order chi connectivity index (χ1) is 13.4. The molecule has 0 radical (unpaired) electrons. The molecular formula is C24H30FN3. The molecule has 4 heteroatoms. The van der Waals surface area contributed by atoms with Crippen LogP contribution in [0.2, 0.25) is 0 Å². The number of aryl methyl sites for hydroxylation is 1. The summed E-state index contributed by atoms with van der Waals surface area (Å²) in [6.45, 7) is 6.28. The zero-order valence-electron chi connectivity index (χ0n) is 17.2. The lowest BCUT2D eigenvalue weighted by Crippen LogP contribution is -2.35. The number of aromatic nitrogens is 1. The molecule has 1 aromatic carbocycles. The molecule has 3 aliphatic rings. The lowest BCUT2D eigenvalue weighted by Gasteiger charge is -2.35. The highest BCUT2D eigenvalue weighted by molar-refractivity contribution is 5.86. The minimum Gasteiger partial charge on any atom is -0.341 e. The van der Waals surface area contributed by atoms with Crippen molar-refractivity contribution in [3.05, 3.63) is 46.7 Å². The Morgan fingerprint density at radius 1 is 1.29 bits per heavy atom. The van der Waals surface area contributed by atoms with Crippen LogP contribution in [0.15, 0.2) is 34.8 Å². The SMILES string of the molecule is Cc1ccc2c(c1)c1c(n2CC(C)(F)C2=CC=NC3CCC3C2)CCN(C)C1. The van der Waals surface area contributed by atoms with Crippen molar-refractivity contribution in [1.82, 2.24) is 9.47 Å². The van der Waals surface area contributed by atoms with Gasteiger partial charge < -0.3 is 9.47 Å². The number of nitrogens with zero attached hydrogens (tertiary/aromatic N) is 3. The lowest BCUT2D eigenvalue weighted by molar-refractivity contribution is 0.179. The van der Waals surface area contributed by atoms with Gasteiger partial charge in [0.05, 0.1) is 12.6 Å². The third-order valence-corrected chi connectivity index (χ3v) is 7.14. The summed E-state index contributed by atoms with van der Waals surface area (Å²) in [7, 11) is 2.17. The predicted molar refractivity (Wildman–Crippen MR) is 114 cm³/mol. The second kappa shape index (κ2) is 6.55. The van der Waals surface area contributed by atoms with Gasteiger partial charge in [-0.25, -0.2) is 4.39 Å². The smallest absolute Gasteiger partial charge is 0.147 e. The predicted octanol–water partition coefficient (Wildman–Crippen LogP) is 4.85. The van der Waals surface area contributed by atoms with Crippen LogP contribution in [-0.4, -0.2) is 41.0 Å². The van der Waals surface area contributed by atoms with E-state index >= 15 is 4.39 Å². The van der Waals surface area contributed by atoms with Crippen LogP contribution in [0, 0.1) is 12.8 Å². The second-order valence-electron chi connectivity index (χ2n) is 9.32. The Bertz CT molecular complexity index is 981. The number of fused-ring (bicyclic) bond motifs is 4. The molecule has 3 unspecified atom stereocenters. The van der Waals surface area contributed by atoms with Crippen molar-refractivity contribution < 1.29 is 4.39 Å². The monoisotopic (exact) mass is 379 g/mol. The van der Waals surface area contributed by atoms with Crippen LogP contribution in [0.1, 0.15) is 43.0 Å². The number of rotatable bonds is 3. The van der Waals surface area contributed by atoms with Crippen LogP contribution in [0.25, 0.3) is 10.9 Å².